The van der Waals surface area contributed by atoms with E-state index in [0.29, 0.717) is 12.6 Å². The van der Waals surface area contributed by atoms with Crippen LogP contribution in [-0.2, 0) is 13.0 Å². The van der Waals surface area contributed by atoms with Gasteiger partial charge in [0.1, 0.15) is 0 Å². The molecular formula is C26H35N3O. The number of anilines is 2. The predicted octanol–water partition coefficient (Wildman–Crippen LogP) is 6.05. The number of carbonyl (C=O) groups is 1. The Balaban J connectivity index is 1.54. The second-order valence-electron chi connectivity index (χ2n) is 8.94. The van der Waals surface area contributed by atoms with Crippen molar-refractivity contribution in [2.24, 2.45) is 0 Å². The summed E-state index contributed by atoms with van der Waals surface area (Å²) in [5.74, 6) is 0. The number of benzene rings is 2. The van der Waals surface area contributed by atoms with Crippen molar-refractivity contribution in [3.8, 4) is 0 Å². The van der Waals surface area contributed by atoms with Crippen LogP contribution in [0.3, 0.4) is 0 Å². The molecule has 2 aromatic rings. The maximum absolute atomic E-state index is 13.3. The van der Waals surface area contributed by atoms with Gasteiger partial charge in [-0.1, -0.05) is 31.0 Å². The predicted molar refractivity (Wildman–Crippen MR) is 125 cm³/mol. The van der Waals surface area contributed by atoms with Crippen LogP contribution in [-0.4, -0.2) is 30.1 Å². The van der Waals surface area contributed by atoms with Gasteiger partial charge in [-0.2, -0.15) is 0 Å². The van der Waals surface area contributed by atoms with E-state index in [1.54, 1.807) is 0 Å². The molecule has 30 heavy (non-hydrogen) atoms. The van der Waals surface area contributed by atoms with Gasteiger partial charge in [0.25, 0.3) is 0 Å². The first kappa shape index (κ1) is 20.8. The zero-order valence-electron chi connectivity index (χ0n) is 18.7. The molecular weight excluding hydrogens is 370 g/mol. The van der Waals surface area contributed by atoms with Crippen molar-refractivity contribution in [3.05, 3.63) is 58.7 Å². The van der Waals surface area contributed by atoms with Crippen LogP contribution in [0.2, 0.25) is 0 Å². The second kappa shape index (κ2) is 9.11. The zero-order valence-corrected chi connectivity index (χ0v) is 18.7. The molecule has 0 aromatic heterocycles. The third-order valence-corrected chi connectivity index (χ3v) is 6.88. The number of fused-ring (bicyclic) bond motifs is 1. The van der Waals surface area contributed by atoms with E-state index in [1.165, 1.54) is 47.2 Å². The van der Waals surface area contributed by atoms with Crippen LogP contribution in [0, 0.1) is 13.8 Å². The molecule has 1 heterocycles. The number of nitrogens with zero attached hydrogens (tertiary/aromatic N) is 2. The fourth-order valence-corrected chi connectivity index (χ4v) is 4.95. The molecule has 1 aliphatic carbocycles. The highest BCUT2D eigenvalue weighted by Gasteiger charge is 2.27. The largest absolute Gasteiger partial charge is 0.372 e. The molecule has 4 heteroatoms. The summed E-state index contributed by atoms with van der Waals surface area (Å²) >= 11 is 0. The van der Waals surface area contributed by atoms with Gasteiger partial charge in [-0.05, 0) is 86.9 Å². The number of aryl methyl sites for hydroxylation is 3. The minimum absolute atomic E-state index is 0.0260. The maximum Gasteiger partial charge on any atom is 0.322 e. The van der Waals surface area contributed by atoms with Crippen molar-refractivity contribution in [2.75, 3.05) is 23.3 Å². The van der Waals surface area contributed by atoms with Gasteiger partial charge in [0.15, 0.2) is 0 Å². The SMILES string of the molecule is CCN1CCCc2cc(CN(C(=O)Nc3ccc(C)c(C)c3)C3CCCC3)ccc21. The van der Waals surface area contributed by atoms with E-state index in [2.05, 4.69) is 66.2 Å². The molecule has 4 rings (SSSR count). The number of urea groups is 1. The lowest BCUT2D eigenvalue weighted by molar-refractivity contribution is 0.184. The van der Waals surface area contributed by atoms with Gasteiger partial charge in [0.05, 0.1) is 0 Å². The van der Waals surface area contributed by atoms with Crippen LogP contribution in [0.25, 0.3) is 0 Å². The van der Waals surface area contributed by atoms with Crippen LogP contribution in [0.15, 0.2) is 36.4 Å². The first-order valence-electron chi connectivity index (χ1n) is 11.6. The fourth-order valence-electron chi connectivity index (χ4n) is 4.95. The summed E-state index contributed by atoms with van der Waals surface area (Å²) in [5.41, 5.74) is 7.39. The van der Waals surface area contributed by atoms with E-state index >= 15 is 0 Å². The molecule has 1 saturated carbocycles. The summed E-state index contributed by atoms with van der Waals surface area (Å²) in [4.78, 5) is 17.8. The average molecular weight is 406 g/mol. The quantitative estimate of drug-likeness (QED) is 0.657. The number of amides is 2. The van der Waals surface area contributed by atoms with Crippen molar-refractivity contribution < 1.29 is 4.79 Å². The van der Waals surface area contributed by atoms with Crippen molar-refractivity contribution >= 4 is 17.4 Å². The van der Waals surface area contributed by atoms with Gasteiger partial charge in [-0.25, -0.2) is 4.79 Å². The smallest absolute Gasteiger partial charge is 0.322 e. The highest BCUT2D eigenvalue weighted by atomic mass is 16.2. The molecule has 0 bridgehead atoms. The Kier molecular flexibility index (Phi) is 6.31. The molecule has 0 unspecified atom stereocenters. The average Bonchev–Trinajstić information content (AvgIpc) is 3.28. The molecule has 4 nitrogen and oxygen atoms in total. The molecule has 0 spiro atoms. The summed E-state index contributed by atoms with van der Waals surface area (Å²) in [6.45, 7) is 9.30. The van der Waals surface area contributed by atoms with Crippen molar-refractivity contribution in [3.63, 3.8) is 0 Å². The second-order valence-corrected chi connectivity index (χ2v) is 8.94. The molecule has 1 fully saturated rings. The van der Waals surface area contributed by atoms with E-state index in [9.17, 15) is 4.79 Å². The van der Waals surface area contributed by atoms with E-state index in [1.807, 2.05) is 6.07 Å². The van der Waals surface area contributed by atoms with Gasteiger partial charge in [0.2, 0.25) is 0 Å². The number of hydrogen-bond acceptors (Lipinski definition) is 2. The first-order valence-corrected chi connectivity index (χ1v) is 11.6. The highest BCUT2D eigenvalue weighted by Crippen LogP contribution is 2.30. The van der Waals surface area contributed by atoms with Gasteiger partial charge in [0, 0.05) is 37.1 Å². The fraction of sp³-hybridized carbons (Fsp3) is 0.500. The molecule has 1 aliphatic heterocycles. The summed E-state index contributed by atoms with van der Waals surface area (Å²) in [5, 5.41) is 3.16. The molecule has 2 amide bonds. The zero-order chi connectivity index (χ0) is 21.1. The van der Waals surface area contributed by atoms with Crippen LogP contribution in [0.1, 0.15) is 61.3 Å². The molecule has 1 N–H and O–H groups in total. The van der Waals surface area contributed by atoms with Crippen LogP contribution in [0.4, 0.5) is 16.2 Å². The molecule has 0 atom stereocenters. The summed E-state index contributed by atoms with van der Waals surface area (Å²) in [7, 11) is 0. The monoisotopic (exact) mass is 405 g/mol. The topological polar surface area (TPSA) is 35.6 Å². The lowest BCUT2D eigenvalue weighted by atomic mass is 9.98. The lowest BCUT2D eigenvalue weighted by Crippen LogP contribution is -2.41. The van der Waals surface area contributed by atoms with Crippen molar-refractivity contribution in [1.82, 2.24) is 4.90 Å². The van der Waals surface area contributed by atoms with Crippen molar-refractivity contribution in [1.29, 1.82) is 0 Å². The minimum Gasteiger partial charge on any atom is -0.372 e. The van der Waals surface area contributed by atoms with Gasteiger partial charge < -0.3 is 15.1 Å². The number of carbonyl (C=O) groups excluding carboxylic acids is 1. The molecule has 2 aromatic carbocycles. The van der Waals surface area contributed by atoms with E-state index in [0.717, 1.165) is 38.0 Å². The van der Waals surface area contributed by atoms with Crippen LogP contribution >= 0.6 is 0 Å². The Labute approximate surface area is 181 Å². The standard InChI is InChI=1S/C26H35N3O/c1-4-28-15-7-8-22-17-21(12-14-25(22)28)18-29(24-9-5-6-10-24)26(30)27-23-13-11-19(2)20(3)16-23/h11-14,16-17,24H,4-10,15,18H2,1-3H3,(H,27,30). The Hall–Kier alpha value is -2.49. The number of rotatable bonds is 5. The molecule has 0 radical (unpaired) electrons. The van der Waals surface area contributed by atoms with Crippen LogP contribution < -0.4 is 10.2 Å². The van der Waals surface area contributed by atoms with Gasteiger partial charge in [-0.3, -0.25) is 0 Å². The molecule has 2 aliphatic rings. The minimum atomic E-state index is 0.0260. The van der Waals surface area contributed by atoms with E-state index in [-0.39, 0.29) is 6.03 Å². The molecule has 160 valence electrons. The maximum atomic E-state index is 13.3. The Morgan fingerprint density at radius 1 is 1.07 bits per heavy atom. The summed E-state index contributed by atoms with van der Waals surface area (Å²) < 4.78 is 0. The third-order valence-electron chi connectivity index (χ3n) is 6.88. The highest BCUT2D eigenvalue weighted by molar-refractivity contribution is 5.89. The van der Waals surface area contributed by atoms with Gasteiger partial charge in [-0.15, -0.1) is 0 Å². The summed E-state index contributed by atoms with van der Waals surface area (Å²) in [6, 6.07) is 13.3. The summed E-state index contributed by atoms with van der Waals surface area (Å²) in [6.07, 6.45) is 6.99. The Bertz CT molecular complexity index is 901. The Morgan fingerprint density at radius 2 is 1.87 bits per heavy atom. The Morgan fingerprint density at radius 3 is 2.60 bits per heavy atom. The number of nitrogens with one attached hydrogen (secondary N) is 1. The van der Waals surface area contributed by atoms with Crippen LogP contribution in [0.5, 0.6) is 0 Å². The lowest BCUT2D eigenvalue weighted by Gasteiger charge is -2.32. The number of hydrogen-bond donors (Lipinski definition) is 1. The van der Waals surface area contributed by atoms with E-state index in [4.69, 9.17) is 0 Å². The van der Waals surface area contributed by atoms with Crippen molar-refractivity contribution in [2.45, 2.75) is 71.9 Å². The van der Waals surface area contributed by atoms with E-state index < -0.39 is 0 Å². The first-order chi connectivity index (χ1) is 14.5. The van der Waals surface area contributed by atoms with Gasteiger partial charge >= 0.3 is 6.03 Å². The third kappa shape index (κ3) is 4.48. The normalized spacial score (nSPS) is 16.4. The molecule has 0 saturated heterocycles.